The van der Waals surface area contributed by atoms with Gasteiger partial charge in [0.05, 0.1) is 12.5 Å². The average Bonchev–Trinajstić information content (AvgIpc) is 2.48. The molecule has 5 heteroatoms. The lowest BCUT2D eigenvalue weighted by Gasteiger charge is -2.23. The Morgan fingerprint density at radius 3 is 2.67 bits per heavy atom. The predicted molar refractivity (Wildman–Crippen MR) is 87.4 cm³/mol. The number of benzene rings is 1. The Labute approximate surface area is 133 Å². The van der Waals surface area contributed by atoms with Crippen molar-refractivity contribution in [3.63, 3.8) is 0 Å². The zero-order chi connectivity index (χ0) is 15.1. The van der Waals surface area contributed by atoms with Crippen LogP contribution in [0.3, 0.4) is 0 Å². The summed E-state index contributed by atoms with van der Waals surface area (Å²) in [4.78, 5) is 11.1. The third-order valence-electron chi connectivity index (χ3n) is 2.99. The average molecular weight is 345 g/mol. The summed E-state index contributed by atoms with van der Waals surface area (Å²) in [5.41, 5.74) is 1.03. The van der Waals surface area contributed by atoms with Crippen molar-refractivity contribution >= 4 is 27.4 Å². The molecule has 1 aromatic heterocycles. The summed E-state index contributed by atoms with van der Waals surface area (Å²) >= 11 is 3.45. The summed E-state index contributed by atoms with van der Waals surface area (Å²) in [7, 11) is 0. The predicted octanol–water partition coefficient (Wildman–Crippen LogP) is 4.24. The minimum Gasteiger partial charge on any atom is -0.325 e. The normalized spacial score (nSPS) is 10.1. The molecule has 0 saturated carbocycles. The standard InChI is InChI=1S/C16H17BrN4/c1-2-7-15-19-14(17)12-16(20-15)21(11-6-10-18)13-8-4-3-5-9-13/h3-5,8-9,12H,2,6-7,11H2,1H3. The van der Waals surface area contributed by atoms with Crippen molar-refractivity contribution in [1.29, 1.82) is 5.26 Å². The van der Waals surface area contributed by atoms with E-state index < -0.39 is 0 Å². The van der Waals surface area contributed by atoms with Gasteiger partial charge in [-0.2, -0.15) is 5.26 Å². The molecule has 0 aliphatic rings. The molecule has 1 aromatic carbocycles. The first-order chi connectivity index (χ1) is 10.2. The minimum absolute atomic E-state index is 0.444. The summed E-state index contributed by atoms with van der Waals surface area (Å²) in [6.07, 6.45) is 2.28. The summed E-state index contributed by atoms with van der Waals surface area (Å²) < 4.78 is 0.772. The Balaban J connectivity index is 2.39. The molecule has 0 aliphatic carbocycles. The van der Waals surface area contributed by atoms with Gasteiger partial charge in [-0.05, 0) is 34.5 Å². The summed E-state index contributed by atoms with van der Waals surface area (Å²) in [5.74, 6) is 1.64. The monoisotopic (exact) mass is 344 g/mol. The molecular weight excluding hydrogens is 328 g/mol. The van der Waals surface area contributed by atoms with Crippen molar-refractivity contribution in [3.05, 3.63) is 46.8 Å². The van der Waals surface area contributed by atoms with Crippen molar-refractivity contribution < 1.29 is 0 Å². The molecule has 0 saturated heterocycles. The van der Waals surface area contributed by atoms with Crippen LogP contribution in [0.4, 0.5) is 11.5 Å². The zero-order valence-electron chi connectivity index (χ0n) is 12.0. The largest absolute Gasteiger partial charge is 0.325 e. The van der Waals surface area contributed by atoms with Crippen LogP contribution in [0.1, 0.15) is 25.6 Å². The highest BCUT2D eigenvalue weighted by Gasteiger charge is 2.12. The van der Waals surface area contributed by atoms with Crippen molar-refractivity contribution in [3.8, 4) is 6.07 Å². The van der Waals surface area contributed by atoms with Crippen molar-refractivity contribution in [1.82, 2.24) is 9.97 Å². The second-order valence-electron chi connectivity index (χ2n) is 4.61. The van der Waals surface area contributed by atoms with Crippen molar-refractivity contribution in [2.75, 3.05) is 11.4 Å². The first kappa shape index (κ1) is 15.5. The van der Waals surface area contributed by atoms with E-state index in [-0.39, 0.29) is 0 Å². The number of aromatic nitrogens is 2. The molecule has 0 spiro atoms. The van der Waals surface area contributed by atoms with Crippen LogP contribution in [-0.4, -0.2) is 16.5 Å². The second kappa shape index (κ2) is 7.75. The zero-order valence-corrected chi connectivity index (χ0v) is 13.5. The van der Waals surface area contributed by atoms with E-state index in [9.17, 15) is 0 Å². The molecule has 0 N–H and O–H groups in total. The fourth-order valence-electron chi connectivity index (χ4n) is 2.07. The van der Waals surface area contributed by atoms with E-state index in [0.717, 1.165) is 34.8 Å². The number of halogens is 1. The third kappa shape index (κ3) is 4.27. The van der Waals surface area contributed by atoms with Crippen LogP contribution in [0.25, 0.3) is 0 Å². The maximum Gasteiger partial charge on any atom is 0.137 e. The highest BCUT2D eigenvalue weighted by atomic mass is 79.9. The SMILES string of the molecule is CCCc1nc(Br)cc(N(CCC#N)c2ccccc2)n1. The molecule has 1 heterocycles. The number of hydrogen-bond acceptors (Lipinski definition) is 4. The molecule has 2 aromatic rings. The lowest BCUT2D eigenvalue weighted by molar-refractivity contribution is 0.815. The van der Waals surface area contributed by atoms with Gasteiger partial charge in [-0.15, -0.1) is 0 Å². The molecule has 4 nitrogen and oxygen atoms in total. The van der Waals surface area contributed by atoms with Gasteiger partial charge < -0.3 is 4.90 Å². The maximum atomic E-state index is 8.88. The number of para-hydroxylation sites is 1. The molecule has 108 valence electrons. The van der Waals surface area contributed by atoms with E-state index >= 15 is 0 Å². The van der Waals surface area contributed by atoms with E-state index in [1.807, 2.05) is 36.4 Å². The first-order valence-electron chi connectivity index (χ1n) is 6.97. The Kier molecular flexibility index (Phi) is 5.70. The van der Waals surface area contributed by atoms with Crippen LogP contribution in [0.15, 0.2) is 41.0 Å². The summed E-state index contributed by atoms with van der Waals surface area (Å²) in [6.45, 7) is 2.71. The van der Waals surface area contributed by atoms with Crippen LogP contribution < -0.4 is 4.90 Å². The van der Waals surface area contributed by atoms with Gasteiger partial charge in [0, 0.05) is 24.7 Å². The van der Waals surface area contributed by atoms with Gasteiger partial charge in [0.25, 0.3) is 0 Å². The van der Waals surface area contributed by atoms with E-state index in [0.29, 0.717) is 13.0 Å². The number of nitriles is 1. The number of anilines is 2. The van der Waals surface area contributed by atoms with Crippen LogP contribution in [-0.2, 0) is 6.42 Å². The molecule has 0 bridgehead atoms. The van der Waals surface area contributed by atoms with Gasteiger partial charge in [0.15, 0.2) is 0 Å². The first-order valence-corrected chi connectivity index (χ1v) is 7.77. The lowest BCUT2D eigenvalue weighted by Crippen LogP contribution is -2.20. The molecule has 21 heavy (non-hydrogen) atoms. The number of hydrogen-bond donors (Lipinski definition) is 0. The van der Waals surface area contributed by atoms with E-state index in [2.05, 4.69) is 43.8 Å². The van der Waals surface area contributed by atoms with Crippen LogP contribution in [0.2, 0.25) is 0 Å². The number of rotatable bonds is 6. The summed E-state index contributed by atoms with van der Waals surface area (Å²) in [5, 5.41) is 8.88. The Morgan fingerprint density at radius 2 is 2.00 bits per heavy atom. The topological polar surface area (TPSA) is 52.8 Å². The smallest absolute Gasteiger partial charge is 0.137 e. The van der Waals surface area contributed by atoms with Gasteiger partial charge in [-0.1, -0.05) is 25.1 Å². The Bertz CT molecular complexity index is 622. The Hall–Kier alpha value is -1.93. The fourth-order valence-corrected chi connectivity index (χ4v) is 2.48. The molecule has 2 rings (SSSR count). The van der Waals surface area contributed by atoms with E-state index in [1.165, 1.54) is 0 Å². The van der Waals surface area contributed by atoms with Crippen molar-refractivity contribution in [2.45, 2.75) is 26.2 Å². The number of aryl methyl sites for hydroxylation is 1. The van der Waals surface area contributed by atoms with Crippen LogP contribution in [0, 0.1) is 11.3 Å². The lowest BCUT2D eigenvalue weighted by atomic mass is 10.2. The highest BCUT2D eigenvalue weighted by molar-refractivity contribution is 9.10. The Morgan fingerprint density at radius 1 is 1.24 bits per heavy atom. The van der Waals surface area contributed by atoms with Crippen molar-refractivity contribution in [2.24, 2.45) is 0 Å². The minimum atomic E-state index is 0.444. The van der Waals surface area contributed by atoms with Gasteiger partial charge in [0.2, 0.25) is 0 Å². The third-order valence-corrected chi connectivity index (χ3v) is 3.40. The number of nitrogens with zero attached hydrogens (tertiary/aromatic N) is 4. The fraction of sp³-hybridized carbons (Fsp3) is 0.312. The molecule has 0 fully saturated rings. The highest BCUT2D eigenvalue weighted by Crippen LogP contribution is 2.25. The quantitative estimate of drug-likeness (QED) is 0.735. The van der Waals surface area contributed by atoms with E-state index in [4.69, 9.17) is 5.26 Å². The second-order valence-corrected chi connectivity index (χ2v) is 5.42. The molecule has 0 radical (unpaired) electrons. The van der Waals surface area contributed by atoms with Crippen LogP contribution in [0.5, 0.6) is 0 Å². The van der Waals surface area contributed by atoms with Crippen LogP contribution >= 0.6 is 15.9 Å². The molecular formula is C16H17BrN4. The van der Waals surface area contributed by atoms with Gasteiger partial charge in [-0.3, -0.25) is 0 Å². The molecule has 0 unspecified atom stereocenters. The molecule has 0 aliphatic heterocycles. The molecule has 0 atom stereocenters. The summed E-state index contributed by atoms with van der Waals surface area (Å²) in [6, 6.07) is 14.1. The van der Waals surface area contributed by atoms with E-state index in [1.54, 1.807) is 0 Å². The van der Waals surface area contributed by atoms with Gasteiger partial charge in [0.1, 0.15) is 16.2 Å². The van der Waals surface area contributed by atoms with Gasteiger partial charge in [-0.25, -0.2) is 9.97 Å². The molecule has 0 amide bonds. The maximum absolute atomic E-state index is 8.88. The van der Waals surface area contributed by atoms with Gasteiger partial charge >= 0.3 is 0 Å².